The van der Waals surface area contributed by atoms with E-state index in [4.69, 9.17) is 21.1 Å². The van der Waals surface area contributed by atoms with E-state index in [1.807, 2.05) is 4.90 Å². The molecule has 0 bridgehead atoms. The number of hydrogen-bond donors (Lipinski definition) is 0. The molecule has 0 N–H and O–H groups in total. The van der Waals surface area contributed by atoms with Gasteiger partial charge in [0.2, 0.25) is 5.91 Å². The van der Waals surface area contributed by atoms with E-state index in [1.165, 1.54) is 0 Å². The van der Waals surface area contributed by atoms with Gasteiger partial charge in [0.25, 0.3) is 0 Å². The lowest BCUT2D eigenvalue weighted by Gasteiger charge is -2.26. The van der Waals surface area contributed by atoms with E-state index in [-0.39, 0.29) is 17.9 Å². The Kier molecular flexibility index (Phi) is 4.60. The van der Waals surface area contributed by atoms with Crippen LogP contribution in [0.1, 0.15) is 19.3 Å². The van der Waals surface area contributed by atoms with Gasteiger partial charge in [0.15, 0.2) is 0 Å². The van der Waals surface area contributed by atoms with Crippen molar-refractivity contribution in [1.82, 2.24) is 9.88 Å². The fraction of sp³-hybridized carbons (Fsp3) is 0.600. The Balaban J connectivity index is 1.55. The van der Waals surface area contributed by atoms with Gasteiger partial charge in [0, 0.05) is 50.6 Å². The molecule has 0 unspecified atom stereocenters. The number of nitrogens with zero attached hydrogens (tertiary/aromatic N) is 2. The van der Waals surface area contributed by atoms with Gasteiger partial charge in [-0.05, 0) is 12.8 Å². The predicted molar refractivity (Wildman–Crippen MR) is 78.4 cm³/mol. The summed E-state index contributed by atoms with van der Waals surface area (Å²) < 4.78 is 11.2. The number of pyridine rings is 1. The monoisotopic (exact) mass is 310 g/mol. The highest BCUT2D eigenvalue weighted by Gasteiger charge is 2.32. The Morgan fingerprint density at radius 2 is 2.19 bits per heavy atom. The molecule has 1 aromatic heterocycles. The number of ether oxygens (including phenoxy) is 2. The predicted octanol–water partition coefficient (Wildman–Crippen LogP) is 2.14. The summed E-state index contributed by atoms with van der Waals surface area (Å²) in [4.78, 5) is 18.3. The van der Waals surface area contributed by atoms with Crippen molar-refractivity contribution < 1.29 is 14.3 Å². The van der Waals surface area contributed by atoms with E-state index in [9.17, 15) is 4.79 Å². The van der Waals surface area contributed by atoms with Crippen molar-refractivity contribution in [3.8, 4) is 5.75 Å². The largest absolute Gasteiger partial charge is 0.487 e. The smallest absolute Gasteiger partial charge is 0.225 e. The van der Waals surface area contributed by atoms with Crippen LogP contribution in [-0.2, 0) is 9.53 Å². The second kappa shape index (κ2) is 6.62. The van der Waals surface area contributed by atoms with Crippen LogP contribution in [0.5, 0.6) is 5.75 Å². The molecule has 2 saturated heterocycles. The molecule has 0 spiro atoms. The molecule has 1 amide bonds. The molecular weight excluding hydrogens is 292 g/mol. The molecule has 2 aliphatic rings. The summed E-state index contributed by atoms with van der Waals surface area (Å²) in [5.74, 6) is 0.990. The zero-order valence-electron chi connectivity index (χ0n) is 11.8. The number of hydrogen-bond acceptors (Lipinski definition) is 4. The van der Waals surface area contributed by atoms with Gasteiger partial charge < -0.3 is 14.4 Å². The van der Waals surface area contributed by atoms with Gasteiger partial charge in [-0.25, -0.2) is 0 Å². The molecule has 2 aliphatic heterocycles. The topological polar surface area (TPSA) is 51.7 Å². The summed E-state index contributed by atoms with van der Waals surface area (Å²) in [5, 5.41) is 0.506. The van der Waals surface area contributed by atoms with Crippen LogP contribution in [0.15, 0.2) is 18.5 Å². The number of carbonyl (C=O) groups is 1. The van der Waals surface area contributed by atoms with E-state index < -0.39 is 0 Å². The first kappa shape index (κ1) is 14.6. The molecular formula is C15H19ClN2O3. The Bertz CT molecular complexity index is 505. The van der Waals surface area contributed by atoms with Crippen molar-refractivity contribution >= 4 is 17.5 Å². The molecule has 21 heavy (non-hydrogen) atoms. The molecule has 1 atom stereocenters. The van der Waals surface area contributed by atoms with Crippen molar-refractivity contribution in [2.45, 2.75) is 25.4 Å². The maximum Gasteiger partial charge on any atom is 0.225 e. The second-order valence-corrected chi connectivity index (χ2v) is 5.91. The lowest BCUT2D eigenvalue weighted by atomic mass is 9.99. The lowest BCUT2D eigenvalue weighted by Crippen LogP contribution is -2.38. The highest BCUT2D eigenvalue weighted by Crippen LogP contribution is 2.27. The molecule has 3 heterocycles. The number of halogens is 1. The van der Waals surface area contributed by atoms with Gasteiger partial charge in [-0.15, -0.1) is 0 Å². The van der Waals surface area contributed by atoms with E-state index in [1.54, 1.807) is 18.5 Å². The van der Waals surface area contributed by atoms with Gasteiger partial charge in [0.05, 0.1) is 6.54 Å². The fourth-order valence-electron chi connectivity index (χ4n) is 2.86. The highest BCUT2D eigenvalue weighted by atomic mass is 35.5. The average molecular weight is 311 g/mol. The molecule has 0 saturated carbocycles. The maximum absolute atomic E-state index is 12.4. The number of aromatic nitrogens is 1. The van der Waals surface area contributed by atoms with Gasteiger partial charge in [-0.1, -0.05) is 11.6 Å². The van der Waals surface area contributed by atoms with Crippen LogP contribution in [0, 0.1) is 5.92 Å². The molecule has 6 heteroatoms. The van der Waals surface area contributed by atoms with Crippen molar-refractivity contribution in [1.29, 1.82) is 0 Å². The maximum atomic E-state index is 12.4. The van der Waals surface area contributed by atoms with Crippen LogP contribution in [0.25, 0.3) is 0 Å². The third kappa shape index (κ3) is 3.47. The lowest BCUT2D eigenvalue weighted by molar-refractivity contribution is -0.137. The molecule has 1 aromatic rings. The average Bonchev–Trinajstić information content (AvgIpc) is 2.98. The first-order valence-corrected chi connectivity index (χ1v) is 7.74. The molecule has 3 rings (SSSR count). The summed E-state index contributed by atoms with van der Waals surface area (Å²) in [6.45, 7) is 2.77. The SMILES string of the molecule is O=C(C1CCOCC1)N1CC[C@@H](Oc2ccncc2Cl)C1. The van der Waals surface area contributed by atoms with Crippen LogP contribution in [0.4, 0.5) is 0 Å². The van der Waals surface area contributed by atoms with Crippen LogP contribution >= 0.6 is 11.6 Å². The molecule has 114 valence electrons. The third-order valence-corrected chi connectivity index (χ3v) is 4.34. The van der Waals surface area contributed by atoms with Crippen molar-refractivity contribution in [2.75, 3.05) is 26.3 Å². The first-order valence-electron chi connectivity index (χ1n) is 7.37. The van der Waals surface area contributed by atoms with Gasteiger partial charge in [0.1, 0.15) is 16.9 Å². The Hall–Kier alpha value is -1.33. The summed E-state index contributed by atoms with van der Waals surface area (Å²) >= 11 is 6.04. The number of likely N-dealkylation sites (tertiary alicyclic amines) is 1. The van der Waals surface area contributed by atoms with Gasteiger partial charge in [-0.3, -0.25) is 9.78 Å². The van der Waals surface area contributed by atoms with Crippen molar-refractivity contribution in [3.05, 3.63) is 23.5 Å². The second-order valence-electron chi connectivity index (χ2n) is 5.51. The van der Waals surface area contributed by atoms with Crippen LogP contribution in [-0.4, -0.2) is 48.2 Å². The quantitative estimate of drug-likeness (QED) is 0.858. The third-order valence-electron chi connectivity index (χ3n) is 4.06. The Morgan fingerprint density at radius 3 is 2.95 bits per heavy atom. The van der Waals surface area contributed by atoms with Crippen LogP contribution in [0.3, 0.4) is 0 Å². The minimum Gasteiger partial charge on any atom is -0.487 e. The van der Waals surface area contributed by atoms with Crippen molar-refractivity contribution in [3.63, 3.8) is 0 Å². The van der Waals surface area contributed by atoms with Crippen LogP contribution in [0.2, 0.25) is 5.02 Å². The van der Waals surface area contributed by atoms with E-state index in [0.29, 0.717) is 30.5 Å². The number of carbonyl (C=O) groups excluding carboxylic acids is 1. The Morgan fingerprint density at radius 1 is 1.38 bits per heavy atom. The summed E-state index contributed by atoms with van der Waals surface area (Å²) in [6.07, 6.45) is 5.73. The molecule has 5 nitrogen and oxygen atoms in total. The highest BCUT2D eigenvalue weighted by molar-refractivity contribution is 6.31. The van der Waals surface area contributed by atoms with E-state index in [0.717, 1.165) is 25.8 Å². The molecule has 2 fully saturated rings. The summed E-state index contributed by atoms with van der Waals surface area (Å²) in [7, 11) is 0. The number of amides is 1. The zero-order valence-corrected chi connectivity index (χ0v) is 12.6. The Labute approximate surface area is 129 Å². The normalized spacial score (nSPS) is 23.3. The van der Waals surface area contributed by atoms with Crippen molar-refractivity contribution in [2.24, 2.45) is 5.92 Å². The molecule has 0 aliphatic carbocycles. The molecule has 0 radical (unpaired) electrons. The zero-order chi connectivity index (χ0) is 14.7. The van der Waals surface area contributed by atoms with Gasteiger partial charge >= 0.3 is 0 Å². The van der Waals surface area contributed by atoms with E-state index in [2.05, 4.69) is 4.98 Å². The first-order chi connectivity index (χ1) is 10.2. The molecule has 0 aromatic carbocycles. The standard InChI is InChI=1S/C15H19ClN2O3/c16-13-9-17-5-1-14(13)21-12-2-6-18(10-12)15(19)11-3-7-20-8-4-11/h1,5,9,11-12H,2-4,6-8,10H2/t12-/m1/s1. The summed E-state index contributed by atoms with van der Waals surface area (Å²) in [5.41, 5.74) is 0. The van der Waals surface area contributed by atoms with Crippen LogP contribution < -0.4 is 4.74 Å². The number of rotatable bonds is 3. The van der Waals surface area contributed by atoms with Gasteiger partial charge in [-0.2, -0.15) is 0 Å². The van der Waals surface area contributed by atoms with E-state index >= 15 is 0 Å². The fourth-order valence-corrected chi connectivity index (χ4v) is 3.03. The minimum atomic E-state index is 0.00805. The minimum absolute atomic E-state index is 0.00805. The summed E-state index contributed by atoms with van der Waals surface area (Å²) in [6, 6.07) is 1.76.